The van der Waals surface area contributed by atoms with Crippen LogP contribution in [0.3, 0.4) is 0 Å². The van der Waals surface area contributed by atoms with Crippen molar-refractivity contribution in [1.29, 1.82) is 0 Å². The van der Waals surface area contributed by atoms with Crippen molar-refractivity contribution in [1.82, 2.24) is 19.3 Å². The maximum atomic E-state index is 12.9. The highest BCUT2D eigenvalue weighted by atomic mass is 79.9. The SMILES string of the molecule is Cc1cc(NC(=O)c2ccc(Br)cc2)n(-c2nc3ccccc3n2Cc2ccc(Cl)cc2)n1. The molecule has 0 spiro atoms. The van der Waals surface area contributed by atoms with E-state index in [1.165, 1.54) is 0 Å². The zero-order chi connectivity index (χ0) is 22.9. The number of hydrogen-bond acceptors (Lipinski definition) is 3. The smallest absolute Gasteiger partial charge is 0.256 e. The Morgan fingerprint density at radius 1 is 1.03 bits per heavy atom. The number of aromatic nitrogens is 4. The van der Waals surface area contributed by atoms with Gasteiger partial charge in [0.05, 0.1) is 23.3 Å². The molecule has 33 heavy (non-hydrogen) atoms. The molecule has 0 aliphatic heterocycles. The molecule has 3 aromatic carbocycles. The summed E-state index contributed by atoms with van der Waals surface area (Å²) < 4.78 is 4.68. The molecule has 6 nitrogen and oxygen atoms in total. The molecular weight excluding hydrogens is 502 g/mol. The van der Waals surface area contributed by atoms with Crippen molar-refractivity contribution in [2.24, 2.45) is 0 Å². The zero-order valence-electron chi connectivity index (χ0n) is 17.7. The molecule has 0 unspecified atom stereocenters. The lowest BCUT2D eigenvalue weighted by Crippen LogP contribution is -2.17. The van der Waals surface area contributed by atoms with E-state index >= 15 is 0 Å². The summed E-state index contributed by atoms with van der Waals surface area (Å²) in [6.45, 7) is 2.46. The largest absolute Gasteiger partial charge is 0.306 e. The van der Waals surface area contributed by atoms with Crippen molar-refractivity contribution < 1.29 is 4.79 Å². The second-order valence-electron chi connectivity index (χ2n) is 7.66. The standard InChI is InChI=1S/C25H19BrClN5O/c1-16-14-23(29-24(33)18-8-10-19(26)11-9-18)32(30-16)25-28-21-4-2-3-5-22(21)31(25)15-17-6-12-20(27)13-7-17/h2-14H,15H2,1H3,(H,29,33). The Labute approximate surface area is 204 Å². The van der Waals surface area contributed by atoms with E-state index in [1.807, 2.05) is 73.7 Å². The minimum absolute atomic E-state index is 0.219. The Hall–Kier alpha value is -3.42. The molecule has 164 valence electrons. The fourth-order valence-corrected chi connectivity index (χ4v) is 4.07. The fraction of sp³-hybridized carbons (Fsp3) is 0.0800. The van der Waals surface area contributed by atoms with Crippen LogP contribution in [0, 0.1) is 6.92 Å². The van der Waals surface area contributed by atoms with Gasteiger partial charge in [-0.25, -0.2) is 4.98 Å². The van der Waals surface area contributed by atoms with Gasteiger partial charge in [0.2, 0.25) is 5.95 Å². The van der Waals surface area contributed by atoms with Crippen LogP contribution in [-0.2, 0) is 6.54 Å². The number of hydrogen-bond donors (Lipinski definition) is 1. The lowest BCUT2D eigenvalue weighted by Gasteiger charge is -2.12. The molecular formula is C25H19BrClN5O. The topological polar surface area (TPSA) is 64.7 Å². The summed E-state index contributed by atoms with van der Waals surface area (Å²) in [7, 11) is 0. The molecule has 1 N–H and O–H groups in total. The summed E-state index contributed by atoms with van der Waals surface area (Å²) in [6.07, 6.45) is 0. The van der Waals surface area contributed by atoms with Crippen molar-refractivity contribution >= 4 is 50.3 Å². The number of amides is 1. The van der Waals surface area contributed by atoms with Crippen LogP contribution in [-0.4, -0.2) is 25.2 Å². The third-order valence-electron chi connectivity index (χ3n) is 5.26. The quantitative estimate of drug-likeness (QED) is 0.298. The van der Waals surface area contributed by atoms with Gasteiger partial charge in [0, 0.05) is 21.1 Å². The highest BCUT2D eigenvalue weighted by Crippen LogP contribution is 2.25. The van der Waals surface area contributed by atoms with E-state index in [1.54, 1.807) is 16.8 Å². The molecule has 0 saturated carbocycles. The van der Waals surface area contributed by atoms with Crippen molar-refractivity contribution in [3.63, 3.8) is 0 Å². The monoisotopic (exact) mass is 519 g/mol. The molecule has 2 heterocycles. The van der Waals surface area contributed by atoms with Crippen LogP contribution in [0.15, 0.2) is 83.3 Å². The van der Waals surface area contributed by atoms with Gasteiger partial charge >= 0.3 is 0 Å². The number of nitrogens with one attached hydrogen (secondary N) is 1. The number of benzene rings is 3. The number of nitrogens with zero attached hydrogens (tertiary/aromatic N) is 4. The number of aryl methyl sites for hydroxylation is 1. The molecule has 0 bridgehead atoms. The molecule has 5 aromatic rings. The first-order chi connectivity index (χ1) is 16.0. The lowest BCUT2D eigenvalue weighted by atomic mass is 10.2. The van der Waals surface area contributed by atoms with E-state index in [0.717, 1.165) is 26.8 Å². The van der Waals surface area contributed by atoms with Gasteiger partial charge in [-0.3, -0.25) is 4.79 Å². The normalized spacial score (nSPS) is 11.1. The molecule has 0 atom stereocenters. The molecule has 1 amide bonds. The van der Waals surface area contributed by atoms with Gasteiger partial charge in [-0.1, -0.05) is 51.8 Å². The summed E-state index contributed by atoms with van der Waals surface area (Å²) in [5, 5.41) is 8.32. The van der Waals surface area contributed by atoms with Crippen molar-refractivity contribution in [2.75, 3.05) is 5.32 Å². The van der Waals surface area contributed by atoms with Crippen LogP contribution >= 0.6 is 27.5 Å². The van der Waals surface area contributed by atoms with E-state index in [4.69, 9.17) is 16.6 Å². The van der Waals surface area contributed by atoms with Crippen LogP contribution in [0.5, 0.6) is 0 Å². The number of para-hydroxylation sites is 2. The van der Waals surface area contributed by atoms with E-state index in [9.17, 15) is 4.79 Å². The van der Waals surface area contributed by atoms with Gasteiger partial charge in [-0.05, 0) is 61.0 Å². The number of halogens is 2. The first-order valence-electron chi connectivity index (χ1n) is 10.3. The molecule has 0 saturated heterocycles. The second kappa shape index (κ2) is 8.84. The van der Waals surface area contributed by atoms with Crippen molar-refractivity contribution in [3.05, 3.63) is 105 Å². The average Bonchev–Trinajstić information content (AvgIpc) is 3.35. The van der Waals surface area contributed by atoms with Crippen LogP contribution in [0.2, 0.25) is 5.02 Å². The Kier molecular flexibility index (Phi) is 5.74. The summed E-state index contributed by atoms with van der Waals surface area (Å²) in [5.74, 6) is 0.947. The van der Waals surface area contributed by atoms with E-state index < -0.39 is 0 Å². The lowest BCUT2D eigenvalue weighted by molar-refractivity contribution is 0.102. The maximum Gasteiger partial charge on any atom is 0.256 e. The predicted molar refractivity (Wildman–Crippen MR) is 134 cm³/mol. The number of fused-ring (bicyclic) bond motifs is 1. The summed E-state index contributed by atoms with van der Waals surface area (Å²) in [5.41, 5.74) is 4.22. The number of anilines is 1. The Balaban J connectivity index is 1.57. The summed E-state index contributed by atoms with van der Waals surface area (Å²) >= 11 is 9.47. The number of imidazole rings is 1. The van der Waals surface area contributed by atoms with Crippen molar-refractivity contribution in [3.8, 4) is 5.95 Å². The average molecular weight is 521 g/mol. The van der Waals surface area contributed by atoms with Gasteiger partial charge in [-0.15, -0.1) is 0 Å². The Morgan fingerprint density at radius 3 is 2.52 bits per heavy atom. The highest BCUT2D eigenvalue weighted by molar-refractivity contribution is 9.10. The zero-order valence-corrected chi connectivity index (χ0v) is 20.0. The number of carbonyl (C=O) groups excluding carboxylic acids is 1. The fourth-order valence-electron chi connectivity index (χ4n) is 3.68. The third-order valence-corrected chi connectivity index (χ3v) is 6.04. The van der Waals surface area contributed by atoms with Crippen LogP contribution in [0.1, 0.15) is 21.6 Å². The molecule has 5 rings (SSSR count). The van der Waals surface area contributed by atoms with E-state index in [2.05, 4.69) is 30.9 Å². The molecule has 2 aromatic heterocycles. The minimum atomic E-state index is -0.219. The molecule has 0 fully saturated rings. The Bertz CT molecular complexity index is 1450. The van der Waals surface area contributed by atoms with E-state index in [-0.39, 0.29) is 5.91 Å². The molecule has 0 aliphatic carbocycles. The highest BCUT2D eigenvalue weighted by Gasteiger charge is 2.19. The van der Waals surface area contributed by atoms with Crippen LogP contribution in [0.25, 0.3) is 17.0 Å². The van der Waals surface area contributed by atoms with E-state index in [0.29, 0.717) is 28.9 Å². The van der Waals surface area contributed by atoms with Gasteiger partial charge in [0.15, 0.2) is 0 Å². The van der Waals surface area contributed by atoms with Gasteiger partial charge in [0.1, 0.15) is 5.82 Å². The Morgan fingerprint density at radius 2 is 1.76 bits per heavy atom. The second-order valence-corrected chi connectivity index (χ2v) is 9.01. The third kappa shape index (κ3) is 4.42. The van der Waals surface area contributed by atoms with Gasteiger partial charge < -0.3 is 9.88 Å². The maximum absolute atomic E-state index is 12.9. The van der Waals surface area contributed by atoms with Crippen molar-refractivity contribution in [2.45, 2.75) is 13.5 Å². The van der Waals surface area contributed by atoms with Gasteiger partial charge in [-0.2, -0.15) is 9.78 Å². The minimum Gasteiger partial charge on any atom is -0.306 e. The number of carbonyl (C=O) groups is 1. The first-order valence-corrected chi connectivity index (χ1v) is 11.5. The molecule has 0 radical (unpaired) electrons. The first kappa shape index (κ1) is 21.4. The van der Waals surface area contributed by atoms with Crippen LogP contribution < -0.4 is 5.32 Å². The molecule has 8 heteroatoms. The van der Waals surface area contributed by atoms with Crippen LogP contribution in [0.4, 0.5) is 5.82 Å². The molecule has 0 aliphatic rings. The number of rotatable bonds is 5. The summed E-state index contributed by atoms with van der Waals surface area (Å²) in [6, 6.07) is 24.7. The van der Waals surface area contributed by atoms with Gasteiger partial charge in [0.25, 0.3) is 5.91 Å². The predicted octanol–water partition coefficient (Wildman–Crippen LogP) is 6.25. The summed E-state index contributed by atoms with van der Waals surface area (Å²) in [4.78, 5) is 17.7.